The lowest BCUT2D eigenvalue weighted by molar-refractivity contribution is 0.589. The molecule has 0 atom stereocenters. The highest BCUT2D eigenvalue weighted by atomic mass is 35.7. The van der Waals surface area contributed by atoms with Crippen LogP contribution in [-0.4, -0.2) is 18.1 Å². The lowest BCUT2D eigenvalue weighted by Crippen LogP contribution is -2.21. The van der Waals surface area contributed by atoms with Crippen molar-refractivity contribution in [1.29, 1.82) is 0 Å². The maximum absolute atomic E-state index is 11.3. The molecule has 1 fully saturated rings. The molecule has 0 amide bonds. The van der Waals surface area contributed by atoms with Crippen molar-refractivity contribution in [3.8, 4) is 0 Å². The van der Waals surface area contributed by atoms with Crippen molar-refractivity contribution in [3.05, 3.63) is 29.6 Å². The second kappa shape index (κ2) is 3.46. The average molecular weight is 246 g/mol. The van der Waals surface area contributed by atoms with E-state index in [1.54, 1.807) is 0 Å². The van der Waals surface area contributed by atoms with Gasteiger partial charge in [0.15, 0.2) is 0 Å². The van der Waals surface area contributed by atoms with Crippen LogP contribution in [0.3, 0.4) is 0 Å². The van der Waals surface area contributed by atoms with Gasteiger partial charge in [-0.25, -0.2) is 8.42 Å². The van der Waals surface area contributed by atoms with Gasteiger partial charge in [0.1, 0.15) is 0 Å². The van der Waals surface area contributed by atoms with Gasteiger partial charge in [-0.2, -0.15) is 0 Å². The predicted octanol–water partition coefficient (Wildman–Crippen LogP) is 2.03. The third-order valence-corrected chi connectivity index (χ3v) is 5.34. The van der Waals surface area contributed by atoms with E-state index in [-0.39, 0.29) is 0 Å². The van der Waals surface area contributed by atoms with Gasteiger partial charge in [-0.15, -0.1) is 0 Å². The summed E-state index contributed by atoms with van der Waals surface area (Å²) in [6, 6.07) is 5.61. The summed E-state index contributed by atoms with van der Waals surface area (Å²) in [7, 11) is 1.95. The Morgan fingerprint density at radius 1 is 1.47 bits per heavy atom. The van der Waals surface area contributed by atoms with Crippen molar-refractivity contribution >= 4 is 19.7 Å². The van der Waals surface area contributed by atoms with Crippen molar-refractivity contribution in [2.45, 2.75) is 30.9 Å². The van der Waals surface area contributed by atoms with Crippen molar-refractivity contribution in [1.82, 2.24) is 4.98 Å². The summed E-state index contributed by atoms with van der Waals surface area (Å²) >= 11 is 0. The zero-order valence-corrected chi connectivity index (χ0v) is 9.98. The largest absolute Gasteiger partial charge is 0.258 e. The average Bonchev–Trinajstić information content (AvgIpc) is 2.84. The van der Waals surface area contributed by atoms with Crippen LogP contribution in [0.15, 0.2) is 18.2 Å². The second-order valence-electron chi connectivity index (χ2n) is 4.07. The molecule has 0 aliphatic heterocycles. The molecule has 0 N–H and O–H groups in total. The summed E-state index contributed by atoms with van der Waals surface area (Å²) in [5, 5.41) is 0. The maximum Gasteiger partial charge on any atom is 0.238 e. The fraction of sp³-hybridized carbons (Fsp3) is 0.500. The van der Waals surface area contributed by atoms with Gasteiger partial charge in [0.05, 0.1) is 4.75 Å². The van der Waals surface area contributed by atoms with E-state index in [1.807, 2.05) is 25.1 Å². The van der Waals surface area contributed by atoms with Crippen molar-refractivity contribution in [2.75, 3.05) is 0 Å². The molecule has 2 rings (SSSR count). The van der Waals surface area contributed by atoms with Gasteiger partial charge in [0, 0.05) is 28.5 Å². The highest BCUT2D eigenvalue weighted by Gasteiger charge is 2.53. The lowest BCUT2D eigenvalue weighted by Gasteiger charge is -2.10. The van der Waals surface area contributed by atoms with E-state index in [2.05, 4.69) is 4.98 Å². The number of halogens is 1. The Labute approximate surface area is 93.9 Å². The molecule has 15 heavy (non-hydrogen) atoms. The minimum Gasteiger partial charge on any atom is -0.258 e. The first kappa shape index (κ1) is 10.9. The number of hydrogen-bond donors (Lipinski definition) is 0. The Kier molecular flexibility index (Phi) is 2.51. The molecule has 1 saturated carbocycles. The Balaban J connectivity index is 2.24. The van der Waals surface area contributed by atoms with Crippen LogP contribution in [-0.2, 0) is 15.5 Å². The van der Waals surface area contributed by atoms with Gasteiger partial charge >= 0.3 is 0 Å². The van der Waals surface area contributed by atoms with Crippen molar-refractivity contribution in [3.63, 3.8) is 0 Å². The Morgan fingerprint density at radius 2 is 2.13 bits per heavy atom. The molecular formula is C10H12ClNO2S. The molecule has 0 aromatic carbocycles. The molecule has 0 bridgehead atoms. The third kappa shape index (κ3) is 2.16. The van der Waals surface area contributed by atoms with Crippen LogP contribution in [0.5, 0.6) is 0 Å². The van der Waals surface area contributed by atoms with Crippen molar-refractivity contribution < 1.29 is 8.42 Å². The summed E-state index contributed by atoms with van der Waals surface area (Å²) in [5.41, 5.74) is 1.70. The molecule has 82 valence electrons. The van der Waals surface area contributed by atoms with E-state index >= 15 is 0 Å². The van der Waals surface area contributed by atoms with Crippen LogP contribution in [0, 0.1) is 6.92 Å². The number of hydrogen-bond acceptors (Lipinski definition) is 3. The molecule has 1 aromatic heterocycles. The number of rotatable bonds is 3. The summed E-state index contributed by atoms with van der Waals surface area (Å²) < 4.78 is 21.9. The Bertz CT molecular complexity index is 480. The molecule has 5 heteroatoms. The fourth-order valence-electron chi connectivity index (χ4n) is 1.67. The van der Waals surface area contributed by atoms with Crippen LogP contribution < -0.4 is 0 Å². The maximum atomic E-state index is 11.3. The van der Waals surface area contributed by atoms with Crippen LogP contribution >= 0.6 is 10.7 Å². The summed E-state index contributed by atoms with van der Waals surface area (Å²) in [6.45, 7) is 1.89. The molecule has 1 aliphatic carbocycles. The smallest absolute Gasteiger partial charge is 0.238 e. The van der Waals surface area contributed by atoms with Crippen molar-refractivity contribution in [2.24, 2.45) is 0 Å². The van der Waals surface area contributed by atoms with Crippen LogP contribution in [0.2, 0.25) is 0 Å². The topological polar surface area (TPSA) is 47.0 Å². The molecule has 0 radical (unpaired) electrons. The zero-order chi connectivity index (χ0) is 11.1. The standard InChI is InChI=1S/C10H12ClNO2S/c1-8-3-2-4-9(12-8)7-10(5-6-10)15(11,13)14/h2-4H,5-7H2,1H3. The van der Waals surface area contributed by atoms with Gasteiger partial charge in [-0.3, -0.25) is 4.98 Å². The second-order valence-corrected chi connectivity index (χ2v) is 7.03. The van der Waals surface area contributed by atoms with E-state index in [4.69, 9.17) is 10.7 Å². The van der Waals surface area contributed by atoms with Crippen LogP contribution in [0.1, 0.15) is 24.2 Å². The van der Waals surface area contributed by atoms with Gasteiger partial charge in [0.25, 0.3) is 0 Å². The quantitative estimate of drug-likeness (QED) is 0.766. The summed E-state index contributed by atoms with van der Waals surface area (Å²) in [6.07, 6.45) is 1.73. The number of aryl methyl sites for hydroxylation is 1. The molecule has 0 spiro atoms. The third-order valence-electron chi connectivity index (χ3n) is 2.77. The molecule has 1 aromatic rings. The lowest BCUT2D eigenvalue weighted by atomic mass is 10.2. The van der Waals surface area contributed by atoms with Gasteiger partial charge in [0.2, 0.25) is 9.05 Å². The SMILES string of the molecule is Cc1cccc(CC2(S(=O)(=O)Cl)CC2)n1. The highest BCUT2D eigenvalue weighted by Crippen LogP contribution is 2.47. The van der Waals surface area contributed by atoms with E-state index < -0.39 is 13.8 Å². The van der Waals surface area contributed by atoms with Gasteiger partial charge in [-0.05, 0) is 31.9 Å². The fourth-order valence-corrected chi connectivity index (χ4v) is 3.21. The first-order chi connectivity index (χ1) is 6.93. The summed E-state index contributed by atoms with van der Waals surface area (Å²) in [4.78, 5) is 4.29. The Hall–Kier alpha value is -0.610. The number of aromatic nitrogens is 1. The van der Waals surface area contributed by atoms with E-state index in [0.29, 0.717) is 19.3 Å². The zero-order valence-electron chi connectivity index (χ0n) is 8.40. The molecule has 0 unspecified atom stereocenters. The molecule has 0 saturated heterocycles. The van der Waals surface area contributed by atoms with Crippen LogP contribution in [0.25, 0.3) is 0 Å². The molecule has 1 heterocycles. The summed E-state index contributed by atoms with van der Waals surface area (Å²) in [5.74, 6) is 0. The van der Waals surface area contributed by atoms with Gasteiger partial charge < -0.3 is 0 Å². The van der Waals surface area contributed by atoms with E-state index in [0.717, 1.165) is 11.4 Å². The van der Waals surface area contributed by atoms with Gasteiger partial charge in [-0.1, -0.05) is 6.07 Å². The highest BCUT2D eigenvalue weighted by molar-refractivity contribution is 8.15. The first-order valence-electron chi connectivity index (χ1n) is 4.80. The monoisotopic (exact) mass is 245 g/mol. The van der Waals surface area contributed by atoms with Crippen LogP contribution in [0.4, 0.5) is 0 Å². The predicted molar refractivity (Wildman–Crippen MR) is 59.4 cm³/mol. The number of pyridine rings is 1. The Morgan fingerprint density at radius 3 is 2.60 bits per heavy atom. The molecule has 1 aliphatic rings. The minimum absolute atomic E-state index is 0.431. The molecule has 3 nitrogen and oxygen atoms in total. The van der Waals surface area contributed by atoms with E-state index in [1.165, 1.54) is 0 Å². The number of nitrogens with zero attached hydrogens (tertiary/aromatic N) is 1. The van der Waals surface area contributed by atoms with E-state index in [9.17, 15) is 8.42 Å². The normalized spacial score (nSPS) is 18.8. The molecular weight excluding hydrogens is 234 g/mol. The first-order valence-corrected chi connectivity index (χ1v) is 7.11. The minimum atomic E-state index is -3.47.